The van der Waals surface area contributed by atoms with E-state index >= 15 is 0 Å². The van der Waals surface area contributed by atoms with Crippen molar-refractivity contribution in [1.82, 2.24) is 4.90 Å². The van der Waals surface area contributed by atoms with Crippen LogP contribution in [-0.2, 0) is 23.8 Å². The van der Waals surface area contributed by atoms with E-state index in [1.165, 1.54) is 19.1 Å². The zero-order valence-electron chi connectivity index (χ0n) is 11.8. The van der Waals surface area contributed by atoms with Crippen LogP contribution in [0, 0.1) is 5.41 Å². The van der Waals surface area contributed by atoms with Crippen molar-refractivity contribution in [3.63, 3.8) is 0 Å². The van der Waals surface area contributed by atoms with Crippen molar-refractivity contribution in [3.05, 3.63) is 0 Å². The van der Waals surface area contributed by atoms with Crippen LogP contribution in [0.4, 0.5) is 4.79 Å². The lowest BCUT2D eigenvalue weighted by Crippen LogP contribution is -2.66. The summed E-state index contributed by atoms with van der Waals surface area (Å²) in [7, 11) is 2.37. The molecule has 1 aliphatic rings. The molecule has 0 spiro atoms. The van der Waals surface area contributed by atoms with E-state index in [1.807, 2.05) is 0 Å². The molecule has 0 aromatic heterocycles. The van der Waals surface area contributed by atoms with E-state index in [-0.39, 0.29) is 13.1 Å². The van der Waals surface area contributed by atoms with Gasteiger partial charge in [0.05, 0.1) is 27.3 Å². The molecule has 0 aromatic carbocycles. The Balaban J connectivity index is 2.73. The van der Waals surface area contributed by atoms with Crippen molar-refractivity contribution in [2.75, 3.05) is 27.3 Å². The smallest absolute Gasteiger partial charge is 0.410 e. The van der Waals surface area contributed by atoms with Crippen molar-refractivity contribution in [2.45, 2.75) is 26.4 Å². The zero-order chi connectivity index (χ0) is 14.8. The first-order valence-electron chi connectivity index (χ1n) is 5.81. The largest absolute Gasteiger partial charge is 0.468 e. The first-order chi connectivity index (χ1) is 8.66. The highest BCUT2D eigenvalue weighted by Crippen LogP contribution is 2.34. The molecule has 0 aliphatic carbocycles. The number of hydrogen-bond donors (Lipinski definition) is 0. The topological polar surface area (TPSA) is 82.1 Å². The summed E-state index contributed by atoms with van der Waals surface area (Å²) in [5.74, 6) is -1.42. The van der Waals surface area contributed by atoms with Crippen molar-refractivity contribution < 1.29 is 28.6 Å². The van der Waals surface area contributed by atoms with Gasteiger partial charge in [0, 0.05) is 0 Å². The maximum absolute atomic E-state index is 11.8. The van der Waals surface area contributed by atoms with Gasteiger partial charge >= 0.3 is 18.0 Å². The number of methoxy groups -OCH3 is 2. The summed E-state index contributed by atoms with van der Waals surface area (Å²) >= 11 is 0. The number of ether oxygens (including phenoxy) is 3. The first kappa shape index (κ1) is 15.3. The van der Waals surface area contributed by atoms with Gasteiger partial charge in [-0.05, 0) is 20.8 Å². The lowest BCUT2D eigenvalue weighted by molar-refractivity contribution is -0.180. The molecule has 7 nitrogen and oxygen atoms in total. The number of nitrogens with zero attached hydrogens (tertiary/aromatic N) is 1. The van der Waals surface area contributed by atoms with Crippen molar-refractivity contribution in [2.24, 2.45) is 5.41 Å². The third kappa shape index (κ3) is 2.97. The Morgan fingerprint density at radius 3 is 1.74 bits per heavy atom. The fourth-order valence-electron chi connectivity index (χ4n) is 1.79. The minimum atomic E-state index is -1.43. The first-order valence-corrected chi connectivity index (χ1v) is 5.81. The van der Waals surface area contributed by atoms with Gasteiger partial charge in [-0.3, -0.25) is 9.59 Å². The Bertz CT molecular complexity index is 374. The minimum Gasteiger partial charge on any atom is -0.468 e. The SMILES string of the molecule is COC(=O)C1(C(=O)OC)CN(C(=O)OC(C)(C)C)C1. The molecule has 0 N–H and O–H groups in total. The average molecular weight is 273 g/mol. The van der Waals surface area contributed by atoms with E-state index in [0.717, 1.165) is 0 Å². The standard InChI is InChI=1S/C12H19NO6/c1-11(2,3)19-10(16)13-6-12(7-13,8(14)17-4)9(15)18-5/h6-7H2,1-5H3. The highest BCUT2D eigenvalue weighted by Gasteiger charge is 2.59. The summed E-state index contributed by atoms with van der Waals surface area (Å²) in [6, 6.07) is 0. The lowest BCUT2D eigenvalue weighted by Gasteiger charge is -2.45. The summed E-state index contributed by atoms with van der Waals surface area (Å²) in [6.45, 7) is 5.01. The number of amides is 1. The van der Waals surface area contributed by atoms with Crippen molar-refractivity contribution >= 4 is 18.0 Å². The monoisotopic (exact) mass is 273 g/mol. The molecule has 108 valence electrons. The van der Waals surface area contributed by atoms with E-state index in [2.05, 4.69) is 9.47 Å². The second-order valence-electron chi connectivity index (χ2n) is 5.40. The summed E-state index contributed by atoms with van der Waals surface area (Å²) in [5, 5.41) is 0. The number of hydrogen-bond acceptors (Lipinski definition) is 6. The molecule has 1 amide bonds. The molecule has 0 bridgehead atoms. The van der Waals surface area contributed by atoms with E-state index in [4.69, 9.17) is 4.74 Å². The number of carbonyl (C=O) groups excluding carboxylic acids is 3. The molecule has 19 heavy (non-hydrogen) atoms. The predicted molar refractivity (Wildman–Crippen MR) is 64.3 cm³/mol. The molecule has 0 aromatic rings. The van der Waals surface area contributed by atoms with Gasteiger partial charge in [0.2, 0.25) is 0 Å². The van der Waals surface area contributed by atoms with Crippen LogP contribution < -0.4 is 0 Å². The predicted octanol–water partition coefficient (Wildman–Crippen LogP) is 0.569. The van der Waals surface area contributed by atoms with Crippen molar-refractivity contribution in [3.8, 4) is 0 Å². The summed E-state index contributed by atoms with van der Waals surface area (Å²) < 4.78 is 14.3. The van der Waals surface area contributed by atoms with Gasteiger partial charge in [0.15, 0.2) is 5.41 Å². The number of esters is 2. The van der Waals surface area contributed by atoms with Crippen LogP contribution >= 0.6 is 0 Å². The van der Waals surface area contributed by atoms with Gasteiger partial charge in [-0.15, -0.1) is 0 Å². The highest BCUT2D eigenvalue weighted by atomic mass is 16.6. The lowest BCUT2D eigenvalue weighted by atomic mass is 9.80. The normalized spacial score (nSPS) is 17.2. The van der Waals surface area contributed by atoms with Gasteiger partial charge in [-0.1, -0.05) is 0 Å². The van der Waals surface area contributed by atoms with E-state index in [1.54, 1.807) is 20.8 Å². The molecule has 0 unspecified atom stereocenters. The van der Waals surface area contributed by atoms with Crippen LogP contribution in [-0.4, -0.2) is 55.8 Å². The minimum absolute atomic E-state index is 0.0960. The molecule has 1 saturated heterocycles. The van der Waals surface area contributed by atoms with Crippen LogP contribution in [0.5, 0.6) is 0 Å². The highest BCUT2D eigenvalue weighted by molar-refractivity contribution is 6.03. The molecule has 0 atom stereocenters. The second kappa shape index (κ2) is 5.07. The third-order valence-corrected chi connectivity index (χ3v) is 2.73. The van der Waals surface area contributed by atoms with Crippen LogP contribution in [0.1, 0.15) is 20.8 Å². The van der Waals surface area contributed by atoms with Crippen molar-refractivity contribution in [1.29, 1.82) is 0 Å². The van der Waals surface area contributed by atoms with Crippen LogP contribution in [0.25, 0.3) is 0 Å². The number of carbonyl (C=O) groups is 3. The maximum Gasteiger partial charge on any atom is 0.410 e. The maximum atomic E-state index is 11.8. The molecule has 1 rings (SSSR count). The Labute approximate surface area is 111 Å². The molecule has 7 heteroatoms. The quantitative estimate of drug-likeness (QED) is 0.415. The summed E-state index contributed by atoms with van der Waals surface area (Å²) in [6.07, 6.45) is -0.573. The van der Waals surface area contributed by atoms with Crippen LogP contribution in [0.2, 0.25) is 0 Å². The molecule has 1 fully saturated rings. The molecular weight excluding hydrogens is 254 g/mol. The summed E-state index contributed by atoms with van der Waals surface area (Å²) in [4.78, 5) is 36.3. The Hall–Kier alpha value is -1.79. The fraction of sp³-hybridized carbons (Fsp3) is 0.750. The van der Waals surface area contributed by atoms with E-state index in [9.17, 15) is 14.4 Å². The van der Waals surface area contributed by atoms with Crippen LogP contribution in [0.15, 0.2) is 0 Å². The van der Waals surface area contributed by atoms with Gasteiger partial charge < -0.3 is 19.1 Å². The van der Waals surface area contributed by atoms with Crippen LogP contribution in [0.3, 0.4) is 0 Å². The molecular formula is C12H19NO6. The van der Waals surface area contributed by atoms with Gasteiger partial charge in [-0.2, -0.15) is 0 Å². The molecule has 0 saturated carbocycles. The molecule has 0 radical (unpaired) electrons. The Morgan fingerprint density at radius 2 is 1.42 bits per heavy atom. The third-order valence-electron chi connectivity index (χ3n) is 2.73. The molecule has 1 aliphatic heterocycles. The number of rotatable bonds is 2. The second-order valence-corrected chi connectivity index (χ2v) is 5.40. The molecule has 1 heterocycles. The Morgan fingerprint density at radius 1 is 1.00 bits per heavy atom. The van der Waals surface area contributed by atoms with Gasteiger partial charge in [0.1, 0.15) is 5.60 Å². The van der Waals surface area contributed by atoms with Gasteiger partial charge in [-0.25, -0.2) is 4.79 Å². The van der Waals surface area contributed by atoms with Gasteiger partial charge in [0.25, 0.3) is 0 Å². The Kier molecular flexibility index (Phi) is 4.07. The van der Waals surface area contributed by atoms with E-state index < -0.39 is 29.0 Å². The summed E-state index contributed by atoms with van der Waals surface area (Å²) in [5.41, 5.74) is -2.06. The fourth-order valence-corrected chi connectivity index (χ4v) is 1.79. The van der Waals surface area contributed by atoms with E-state index in [0.29, 0.717) is 0 Å². The average Bonchev–Trinajstić information content (AvgIpc) is 2.24. The zero-order valence-corrected chi connectivity index (χ0v) is 11.8. The number of likely N-dealkylation sites (tertiary alicyclic amines) is 1.